The van der Waals surface area contributed by atoms with Crippen LogP contribution in [0.5, 0.6) is 0 Å². The number of aromatic nitrogens is 2. The molecule has 0 fully saturated rings. The van der Waals surface area contributed by atoms with E-state index in [0.29, 0.717) is 46.1 Å². The minimum atomic E-state index is -0.274. The number of carbonyl (C=O) groups excluding carboxylic acids is 1. The van der Waals surface area contributed by atoms with Crippen molar-refractivity contribution in [3.8, 4) is 0 Å². The predicted molar refractivity (Wildman–Crippen MR) is 109 cm³/mol. The van der Waals surface area contributed by atoms with E-state index in [0.717, 1.165) is 18.7 Å². The third kappa shape index (κ3) is 4.67. The molecule has 1 aliphatic rings. The summed E-state index contributed by atoms with van der Waals surface area (Å²) in [5, 5.41) is 13.1. The fourth-order valence-electron chi connectivity index (χ4n) is 2.59. The number of nitrogens with one attached hydrogen (secondary N) is 2. The van der Waals surface area contributed by atoms with E-state index in [1.807, 2.05) is 6.07 Å². The summed E-state index contributed by atoms with van der Waals surface area (Å²) in [5.74, 6) is 0.831. The lowest BCUT2D eigenvalue weighted by Gasteiger charge is -2.13. The topological polar surface area (TPSA) is 82.5 Å². The highest BCUT2D eigenvalue weighted by Crippen LogP contribution is 2.28. The summed E-state index contributed by atoms with van der Waals surface area (Å²) in [4.78, 5) is 21.1. The van der Waals surface area contributed by atoms with Gasteiger partial charge in [-0.05, 0) is 31.5 Å². The number of nitrogens with zero attached hydrogens (tertiary/aromatic N) is 4. The average Bonchev–Trinajstić information content (AvgIpc) is 3.10. The van der Waals surface area contributed by atoms with Crippen molar-refractivity contribution in [2.24, 2.45) is 5.10 Å². The molecule has 1 aromatic carbocycles. The largest absolute Gasteiger partial charge is 0.354 e. The van der Waals surface area contributed by atoms with Gasteiger partial charge in [-0.25, -0.2) is 9.97 Å². The second kappa shape index (κ2) is 8.54. The zero-order valence-electron chi connectivity index (χ0n) is 15.1. The Morgan fingerprint density at radius 2 is 2.11 bits per heavy atom. The Bertz CT molecular complexity index is 886. The first-order chi connectivity index (χ1) is 13.0. The summed E-state index contributed by atoms with van der Waals surface area (Å²) in [7, 11) is 0. The smallest absolute Gasteiger partial charge is 0.260 e. The highest BCUT2D eigenvalue weighted by molar-refractivity contribution is 6.42. The first kappa shape index (κ1) is 19.4. The van der Waals surface area contributed by atoms with Gasteiger partial charge in [0.25, 0.3) is 5.91 Å². The lowest BCUT2D eigenvalue weighted by atomic mass is 10.2. The van der Waals surface area contributed by atoms with Gasteiger partial charge in [0.05, 0.1) is 27.0 Å². The van der Waals surface area contributed by atoms with Crippen LogP contribution >= 0.6 is 23.2 Å². The fraction of sp³-hybridized carbons (Fsp3) is 0.333. The summed E-state index contributed by atoms with van der Waals surface area (Å²) in [6, 6.07) is 5.31. The molecule has 2 heterocycles. The Balaban J connectivity index is 1.68. The molecule has 3 rings (SSSR count). The summed E-state index contributed by atoms with van der Waals surface area (Å²) in [6.07, 6.45) is 3.11. The molecule has 0 spiro atoms. The number of aryl methyl sites for hydroxylation is 1. The molecule has 0 aliphatic carbocycles. The van der Waals surface area contributed by atoms with Crippen molar-refractivity contribution >= 4 is 46.6 Å². The van der Waals surface area contributed by atoms with Gasteiger partial charge in [0.15, 0.2) is 0 Å². The van der Waals surface area contributed by atoms with E-state index in [1.54, 1.807) is 24.1 Å². The molecular weight excluding hydrogens is 387 g/mol. The van der Waals surface area contributed by atoms with Crippen molar-refractivity contribution in [3.63, 3.8) is 0 Å². The first-order valence-corrected chi connectivity index (χ1v) is 9.42. The number of halogens is 2. The maximum absolute atomic E-state index is 12.5. The molecule has 0 bridgehead atoms. The van der Waals surface area contributed by atoms with E-state index in [4.69, 9.17) is 23.2 Å². The molecule has 142 valence electrons. The van der Waals surface area contributed by atoms with Crippen LogP contribution in [0.1, 0.15) is 35.8 Å². The quantitative estimate of drug-likeness (QED) is 0.787. The van der Waals surface area contributed by atoms with Crippen molar-refractivity contribution in [1.29, 1.82) is 0 Å². The summed E-state index contributed by atoms with van der Waals surface area (Å²) in [6.45, 7) is 5.27. The molecule has 0 radical (unpaired) electrons. The van der Waals surface area contributed by atoms with Gasteiger partial charge in [0, 0.05) is 25.7 Å². The molecule has 2 N–H and O–H groups in total. The van der Waals surface area contributed by atoms with Crippen LogP contribution in [0.4, 0.5) is 11.6 Å². The Morgan fingerprint density at radius 1 is 1.30 bits per heavy atom. The van der Waals surface area contributed by atoms with E-state index in [2.05, 4.69) is 32.6 Å². The summed E-state index contributed by atoms with van der Waals surface area (Å²) < 4.78 is 0. The van der Waals surface area contributed by atoms with Crippen molar-refractivity contribution in [3.05, 3.63) is 45.7 Å². The number of hydrogen-bond acceptors (Lipinski definition) is 6. The van der Waals surface area contributed by atoms with Gasteiger partial charge in [0.2, 0.25) is 5.95 Å². The number of carbonyl (C=O) groups is 1. The minimum Gasteiger partial charge on any atom is -0.354 e. The van der Waals surface area contributed by atoms with Gasteiger partial charge in [-0.1, -0.05) is 30.1 Å². The number of benzene rings is 1. The van der Waals surface area contributed by atoms with Gasteiger partial charge >= 0.3 is 0 Å². The number of anilines is 2. The average molecular weight is 407 g/mol. The molecule has 27 heavy (non-hydrogen) atoms. The zero-order valence-corrected chi connectivity index (χ0v) is 16.6. The minimum absolute atomic E-state index is 0.274. The second-order valence-electron chi connectivity index (χ2n) is 6.09. The molecule has 0 unspecified atom stereocenters. The molecule has 0 saturated carbocycles. The van der Waals surface area contributed by atoms with Crippen molar-refractivity contribution in [2.45, 2.75) is 26.7 Å². The highest BCUT2D eigenvalue weighted by atomic mass is 35.5. The maximum Gasteiger partial charge on any atom is 0.260 e. The zero-order chi connectivity index (χ0) is 19.4. The van der Waals surface area contributed by atoms with Gasteiger partial charge in [0.1, 0.15) is 5.84 Å². The van der Waals surface area contributed by atoms with Gasteiger partial charge in [-0.3, -0.25) is 9.80 Å². The van der Waals surface area contributed by atoms with Gasteiger partial charge in [-0.2, -0.15) is 5.10 Å². The van der Waals surface area contributed by atoms with E-state index in [-0.39, 0.29) is 5.91 Å². The van der Waals surface area contributed by atoms with Crippen molar-refractivity contribution in [1.82, 2.24) is 15.3 Å². The van der Waals surface area contributed by atoms with Crippen molar-refractivity contribution in [2.75, 3.05) is 23.4 Å². The van der Waals surface area contributed by atoms with Crippen LogP contribution in [0, 0.1) is 6.92 Å². The summed E-state index contributed by atoms with van der Waals surface area (Å²) >= 11 is 12.0. The molecule has 7 nitrogen and oxygen atoms in total. The molecule has 0 atom stereocenters. The summed E-state index contributed by atoms with van der Waals surface area (Å²) in [5.41, 5.74) is 1.85. The third-order valence-electron chi connectivity index (χ3n) is 4.02. The van der Waals surface area contributed by atoms with E-state index < -0.39 is 0 Å². The SMILES string of the molecule is CCCNc1ncc(C(=O)NC2=NN(c3ccc(Cl)c(Cl)c3)CC2)c(C)n1. The standard InChI is InChI=1S/C18H20Cl2N6O/c1-3-7-21-18-22-10-13(11(2)23-18)17(27)24-16-6-8-26(25-16)12-4-5-14(19)15(20)9-12/h4-5,9-10H,3,6-8H2,1-2H3,(H,21,22,23)(H,24,25,27). The number of rotatable bonds is 5. The van der Waals surface area contributed by atoms with Crippen LogP contribution in [0.25, 0.3) is 0 Å². The molecule has 1 amide bonds. The van der Waals surface area contributed by atoms with Crippen LogP contribution in [0.15, 0.2) is 29.5 Å². The number of amides is 1. The number of hydrogen-bond donors (Lipinski definition) is 2. The van der Waals surface area contributed by atoms with Crippen LogP contribution in [-0.4, -0.2) is 34.8 Å². The second-order valence-corrected chi connectivity index (χ2v) is 6.91. The predicted octanol–water partition coefficient (Wildman–Crippen LogP) is 3.87. The Kier molecular flexibility index (Phi) is 6.13. The van der Waals surface area contributed by atoms with E-state index in [9.17, 15) is 4.79 Å². The molecule has 1 aromatic heterocycles. The van der Waals surface area contributed by atoms with Gasteiger partial charge < -0.3 is 10.6 Å². The highest BCUT2D eigenvalue weighted by Gasteiger charge is 2.20. The lowest BCUT2D eigenvalue weighted by molar-refractivity contribution is 0.0975. The first-order valence-electron chi connectivity index (χ1n) is 8.67. The fourth-order valence-corrected chi connectivity index (χ4v) is 2.88. The molecule has 1 aliphatic heterocycles. The van der Waals surface area contributed by atoms with E-state index in [1.165, 1.54) is 6.20 Å². The van der Waals surface area contributed by atoms with Crippen molar-refractivity contribution < 1.29 is 4.79 Å². The molecule has 0 saturated heterocycles. The Hall–Kier alpha value is -2.38. The molecule has 2 aromatic rings. The Labute approximate surface area is 167 Å². The number of amidine groups is 1. The third-order valence-corrected chi connectivity index (χ3v) is 4.76. The van der Waals surface area contributed by atoms with Crippen LogP contribution < -0.4 is 15.6 Å². The lowest BCUT2D eigenvalue weighted by Crippen LogP contribution is -2.30. The van der Waals surface area contributed by atoms with E-state index >= 15 is 0 Å². The number of hydrazone groups is 1. The molecular formula is C18H20Cl2N6O. The Morgan fingerprint density at radius 3 is 2.81 bits per heavy atom. The van der Waals surface area contributed by atoms with Crippen LogP contribution in [0.2, 0.25) is 10.0 Å². The maximum atomic E-state index is 12.5. The van der Waals surface area contributed by atoms with Crippen LogP contribution in [-0.2, 0) is 0 Å². The molecule has 9 heteroatoms. The normalized spacial score (nSPS) is 13.5. The van der Waals surface area contributed by atoms with Crippen LogP contribution in [0.3, 0.4) is 0 Å². The van der Waals surface area contributed by atoms with Gasteiger partial charge in [-0.15, -0.1) is 0 Å². The monoisotopic (exact) mass is 406 g/mol.